The Bertz CT molecular complexity index is 391. The van der Waals surface area contributed by atoms with E-state index in [0.29, 0.717) is 32.8 Å². The first kappa shape index (κ1) is 18.2. The summed E-state index contributed by atoms with van der Waals surface area (Å²) in [4.78, 5) is 30.6. The number of ether oxygens (including phenoxy) is 1. The van der Waals surface area contributed by atoms with Gasteiger partial charge in [-0.15, -0.1) is 0 Å². The molecule has 0 bridgehead atoms. The average Bonchev–Trinajstić information content (AvgIpc) is 2.60. The molecule has 23 heavy (non-hydrogen) atoms. The summed E-state index contributed by atoms with van der Waals surface area (Å²) in [5.41, 5.74) is 0. The first-order valence-corrected chi connectivity index (χ1v) is 8.71. The van der Waals surface area contributed by atoms with Crippen LogP contribution in [0.3, 0.4) is 0 Å². The monoisotopic (exact) mass is 326 g/mol. The maximum atomic E-state index is 12.3. The molecular formula is C16H30N4O3. The lowest BCUT2D eigenvalue weighted by Crippen LogP contribution is -2.55. The van der Waals surface area contributed by atoms with Gasteiger partial charge in [0.2, 0.25) is 11.8 Å². The third-order valence-electron chi connectivity index (χ3n) is 4.61. The topological polar surface area (TPSA) is 65.1 Å². The summed E-state index contributed by atoms with van der Waals surface area (Å²) in [5, 5.41) is 2.95. The predicted octanol–water partition coefficient (Wildman–Crippen LogP) is -0.622. The Kier molecular flexibility index (Phi) is 7.26. The second kappa shape index (κ2) is 9.20. The number of carbonyl (C=O) groups excluding carboxylic acids is 2. The molecule has 0 aliphatic carbocycles. The summed E-state index contributed by atoms with van der Waals surface area (Å²) in [5.74, 6) is 0.292. The largest absolute Gasteiger partial charge is 0.378 e. The molecule has 0 spiro atoms. The van der Waals surface area contributed by atoms with E-state index in [1.54, 1.807) is 0 Å². The number of nitrogens with one attached hydrogen (secondary N) is 1. The molecule has 0 aromatic carbocycles. The van der Waals surface area contributed by atoms with Crippen LogP contribution in [0.25, 0.3) is 0 Å². The lowest BCUT2D eigenvalue weighted by atomic mass is 10.2. The molecule has 132 valence electrons. The van der Waals surface area contributed by atoms with Gasteiger partial charge in [0, 0.05) is 45.8 Å². The van der Waals surface area contributed by atoms with Crippen LogP contribution in [0.2, 0.25) is 0 Å². The zero-order valence-corrected chi connectivity index (χ0v) is 14.4. The summed E-state index contributed by atoms with van der Waals surface area (Å²) in [6.07, 6.45) is 0.954. The Morgan fingerprint density at radius 2 is 1.74 bits per heavy atom. The van der Waals surface area contributed by atoms with Crippen LogP contribution in [-0.2, 0) is 14.3 Å². The summed E-state index contributed by atoms with van der Waals surface area (Å²) >= 11 is 0. The normalized spacial score (nSPS) is 21.9. The number of piperazine rings is 1. The Hall–Kier alpha value is -1.18. The fourth-order valence-electron chi connectivity index (χ4n) is 2.97. The van der Waals surface area contributed by atoms with E-state index in [0.717, 1.165) is 39.1 Å². The summed E-state index contributed by atoms with van der Waals surface area (Å²) < 4.78 is 5.28. The minimum absolute atomic E-state index is 0.0985. The van der Waals surface area contributed by atoms with Crippen LogP contribution in [0.4, 0.5) is 0 Å². The van der Waals surface area contributed by atoms with Gasteiger partial charge in [-0.05, 0) is 13.3 Å². The number of amides is 2. The van der Waals surface area contributed by atoms with Gasteiger partial charge in [0.05, 0.1) is 25.8 Å². The molecule has 2 aliphatic heterocycles. The van der Waals surface area contributed by atoms with E-state index in [1.807, 2.05) is 11.8 Å². The SMILES string of the molecule is CCCNC(=O)C(C)N1CCN(CC(=O)N2CCOCC2)CC1. The van der Waals surface area contributed by atoms with E-state index in [4.69, 9.17) is 4.74 Å². The van der Waals surface area contributed by atoms with Crippen LogP contribution in [-0.4, -0.2) is 98.1 Å². The van der Waals surface area contributed by atoms with Crippen molar-refractivity contribution in [2.24, 2.45) is 0 Å². The van der Waals surface area contributed by atoms with Crippen LogP contribution < -0.4 is 5.32 Å². The number of hydrogen-bond acceptors (Lipinski definition) is 5. The van der Waals surface area contributed by atoms with Crippen molar-refractivity contribution in [2.75, 3.05) is 65.6 Å². The lowest BCUT2D eigenvalue weighted by Gasteiger charge is -2.38. The van der Waals surface area contributed by atoms with Crippen molar-refractivity contribution < 1.29 is 14.3 Å². The first-order chi connectivity index (χ1) is 11.1. The quantitative estimate of drug-likeness (QED) is 0.705. The summed E-state index contributed by atoms with van der Waals surface area (Å²) in [6.45, 7) is 11.2. The fraction of sp³-hybridized carbons (Fsp3) is 0.875. The molecule has 0 saturated carbocycles. The molecule has 1 atom stereocenters. The molecule has 7 nitrogen and oxygen atoms in total. The second-order valence-electron chi connectivity index (χ2n) is 6.27. The van der Waals surface area contributed by atoms with Gasteiger partial charge in [-0.25, -0.2) is 0 Å². The third-order valence-corrected chi connectivity index (χ3v) is 4.61. The molecule has 2 amide bonds. The number of rotatable bonds is 6. The highest BCUT2D eigenvalue weighted by Crippen LogP contribution is 2.08. The average molecular weight is 326 g/mol. The van der Waals surface area contributed by atoms with Crippen molar-refractivity contribution in [1.29, 1.82) is 0 Å². The molecule has 1 N–H and O–H groups in total. The van der Waals surface area contributed by atoms with Crippen LogP contribution in [0.15, 0.2) is 0 Å². The van der Waals surface area contributed by atoms with Gasteiger partial charge < -0.3 is 15.0 Å². The molecule has 2 saturated heterocycles. The predicted molar refractivity (Wildman–Crippen MR) is 88.2 cm³/mol. The minimum atomic E-state index is -0.0985. The maximum absolute atomic E-state index is 12.3. The van der Waals surface area contributed by atoms with Crippen molar-refractivity contribution >= 4 is 11.8 Å². The van der Waals surface area contributed by atoms with Crippen molar-refractivity contribution in [3.63, 3.8) is 0 Å². The Balaban J connectivity index is 1.70. The smallest absolute Gasteiger partial charge is 0.237 e. The maximum Gasteiger partial charge on any atom is 0.237 e. The molecule has 2 fully saturated rings. The number of morpholine rings is 1. The van der Waals surface area contributed by atoms with Gasteiger partial charge in [-0.1, -0.05) is 6.92 Å². The lowest BCUT2D eigenvalue weighted by molar-refractivity contribution is -0.137. The molecule has 1 unspecified atom stereocenters. The fourth-order valence-corrected chi connectivity index (χ4v) is 2.97. The van der Waals surface area contributed by atoms with Crippen molar-refractivity contribution in [2.45, 2.75) is 26.3 Å². The molecule has 2 aliphatic rings. The molecular weight excluding hydrogens is 296 g/mol. The Morgan fingerprint density at radius 1 is 1.09 bits per heavy atom. The van der Waals surface area contributed by atoms with Crippen LogP contribution in [0, 0.1) is 0 Å². The first-order valence-electron chi connectivity index (χ1n) is 8.71. The number of nitrogens with zero attached hydrogens (tertiary/aromatic N) is 3. The van der Waals surface area contributed by atoms with Gasteiger partial charge in [0.1, 0.15) is 0 Å². The summed E-state index contributed by atoms with van der Waals surface area (Å²) in [7, 11) is 0. The van der Waals surface area contributed by atoms with E-state index in [-0.39, 0.29) is 17.9 Å². The highest BCUT2D eigenvalue weighted by Gasteiger charge is 2.27. The molecule has 0 aromatic heterocycles. The standard InChI is InChI=1S/C16H30N4O3/c1-3-4-17-16(22)14(2)19-7-5-18(6-8-19)13-15(21)20-9-11-23-12-10-20/h14H,3-13H2,1-2H3,(H,17,22). The second-order valence-corrected chi connectivity index (χ2v) is 6.27. The van der Waals surface area contributed by atoms with Crippen LogP contribution >= 0.6 is 0 Å². The molecule has 2 heterocycles. The van der Waals surface area contributed by atoms with Gasteiger partial charge in [0.15, 0.2) is 0 Å². The third kappa shape index (κ3) is 5.44. The Labute approximate surface area is 138 Å². The van der Waals surface area contributed by atoms with E-state index >= 15 is 0 Å². The van der Waals surface area contributed by atoms with Gasteiger partial charge >= 0.3 is 0 Å². The Morgan fingerprint density at radius 3 is 2.35 bits per heavy atom. The highest BCUT2D eigenvalue weighted by atomic mass is 16.5. The number of carbonyl (C=O) groups is 2. The van der Waals surface area contributed by atoms with Gasteiger partial charge in [0.25, 0.3) is 0 Å². The van der Waals surface area contributed by atoms with Gasteiger partial charge in [-0.2, -0.15) is 0 Å². The molecule has 2 rings (SSSR count). The van der Waals surface area contributed by atoms with Crippen LogP contribution in [0.5, 0.6) is 0 Å². The van der Waals surface area contributed by atoms with Crippen molar-refractivity contribution in [1.82, 2.24) is 20.0 Å². The van der Waals surface area contributed by atoms with E-state index in [2.05, 4.69) is 22.0 Å². The van der Waals surface area contributed by atoms with Crippen LogP contribution in [0.1, 0.15) is 20.3 Å². The van der Waals surface area contributed by atoms with Crippen molar-refractivity contribution in [3.8, 4) is 0 Å². The molecule has 7 heteroatoms. The van der Waals surface area contributed by atoms with E-state index < -0.39 is 0 Å². The van der Waals surface area contributed by atoms with Gasteiger partial charge in [-0.3, -0.25) is 19.4 Å². The van der Waals surface area contributed by atoms with E-state index in [1.165, 1.54) is 0 Å². The molecule has 0 aromatic rings. The minimum Gasteiger partial charge on any atom is -0.378 e. The summed E-state index contributed by atoms with van der Waals surface area (Å²) in [6, 6.07) is -0.0985. The highest BCUT2D eigenvalue weighted by molar-refractivity contribution is 5.81. The zero-order valence-electron chi connectivity index (χ0n) is 14.4. The van der Waals surface area contributed by atoms with Crippen molar-refractivity contribution in [3.05, 3.63) is 0 Å². The van der Waals surface area contributed by atoms with E-state index in [9.17, 15) is 9.59 Å². The zero-order chi connectivity index (χ0) is 16.7. The molecule has 0 radical (unpaired) electrons. The number of hydrogen-bond donors (Lipinski definition) is 1.